The lowest BCUT2D eigenvalue weighted by atomic mass is 10.1. The normalized spacial score (nSPS) is 14.9. The first-order chi connectivity index (χ1) is 15.1. The monoisotopic (exact) mass is 421 g/mol. The SMILES string of the molecule is COc1cc2ncnc(N3CCN(C(=O)N[C@@H](C)c4ccccc4)CC3)c2cc1OC. The highest BCUT2D eigenvalue weighted by molar-refractivity contribution is 5.92. The average molecular weight is 422 g/mol. The summed E-state index contributed by atoms with van der Waals surface area (Å²) in [6.07, 6.45) is 1.56. The summed E-state index contributed by atoms with van der Waals surface area (Å²) in [5, 5.41) is 3.99. The smallest absolute Gasteiger partial charge is 0.317 e. The second kappa shape index (κ2) is 9.07. The zero-order valence-electron chi connectivity index (χ0n) is 18.0. The second-order valence-corrected chi connectivity index (χ2v) is 7.48. The Balaban J connectivity index is 1.45. The Morgan fingerprint density at radius 2 is 1.68 bits per heavy atom. The van der Waals surface area contributed by atoms with E-state index in [-0.39, 0.29) is 12.1 Å². The van der Waals surface area contributed by atoms with Crippen molar-refractivity contribution in [1.29, 1.82) is 0 Å². The third-order valence-corrected chi connectivity index (χ3v) is 5.63. The highest BCUT2D eigenvalue weighted by atomic mass is 16.5. The molecule has 1 N–H and O–H groups in total. The number of nitrogens with zero attached hydrogens (tertiary/aromatic N) is 4. The summed E-state index contributed by atoms with van der Waals surface area (Å²) < 4.78 is 10.8. The van der Waals surface area contributed by atoms with Crippen LogP contribution >= 0.6 is 0 Å². The van der Waals surface area contributed by atoms with Crippen molar-refractivity contribution in [2.75, 3.05) is 45.3 Å². The van der Waals surface area contributed by atoms with Crippen molar-refractivity contribution in [2.45, 2.75) is 13.0 Å². The number of rotatable bonds is 5. The van der Waals surface area contributed by atoms with E-state index in [0.29, 0.717) is 37.7 Å². The molecular weight excluding hydrogens is 394 g/mol. The van der Waals surface area contributed by atoms with E-state index in [1.807, 2.05) is 54.3 Å². The number of ether oxygens (including phenoxy) is 2. The summed E-state index contributed by atoms with van der Waals surface area (Å²) in [5.74, 6) is 2.11. The van der Waals surface area contributed by atoms with E-state index in [9.17, 15) is 4.79 Å². The Hall–Kier alpha value is -3.55. The number of nitrogens with one attached hydrogen (secondary N) is 1. The van der Waals surface area contributed by atoms with Crippen molar-refractivity contribution in [3.8, 4) is 11.5 Å². The number of aromatic nitrogens is 2. The first-order valence-electron chi connectivity index (χ1n) is 10.3. The minimum absolute atomic E-state index is 0.0417. The third-order valence-electron chi connectivity index (χ3n) is 5.63. The summed E-state index contributed by atoms with van der Waals surface area (Å²) >= 11 is 0. The zero-order valence-corrected chi connectivity index (χ0v) is 18.0. The highest BCUT2D eigenvalue weighted by Crippen LogP contribution is 2.34. The number of anilines is 1. The van der Waals surface area contributed by atoms with E-state index in [1.165, 1.54) is 0 Å². The summed E-state index contributed by atoms with van der Waals surface area (Å²) in [4.78, 5) is 25.7. The number of carbonyl (C=O) groups excluding carboxylic acids is 1. The molecule has 8 nitrogen and oxygen atoms in total. The van der Waals surface area contributed by atoms with E-state index in [2.05, 4.69) is 20.2 Å². The van der Waals surface area contributed by atoms with Crippen molar-refractivity contribution in [1.82, 2.24) is 20.2 Å². The van der Waals surface area contributed by atoms with Gasteiger partial charge in [0.05, 0.1) is 25.8 Å². The maximum atomic E-state index is 12.7. The number of benzene rings is 2. The van der Waals surface area contributed by atoms with Crippen LogP contribution in [-0.4, -0.2) is 61.3 Å². The third kappa shape index (κ3) is 4.33. The standard InChI is InChI=1S/C23H27N5O3/c1-16(17-7-5-4-6-8-17)26-23(29)28-11-9-27(10-12-28)22-18-13-20(30-2)21(31-3)14-19(18)24-15-25-22/h4-8,13-16H,9-12H2,1-3H3,(H,26,29)/t16-/m0/s1. The van der Waals surface area contributed by atoms with Gasteiger partial charge >= 0.3 is 6.03 Å². The largest absolute Gasteiger partial charge is 0.493 e. The molecule has 1 aromatic heterocycles. The first kappa shape index (κ1) is 20.7. The van der Waals surface area contributed by atoms with Crippen LogP contribution in [0.4, 0.5) is 10.6 Å². The number of piperazine rings is 1. The van der Waals surface area contributed by atoms with E-state index in [0.717, 1.165) is 22.3 Å². The molecule has 0 aliphatic carbocycles. The van der Waals surface area contributed by atoms with Crippen LogP contribution in [0.3, 0.4) is 0 Å². The molecule has 1 atom stereocenters. The van der Waals surface area contributed by atoms with Gasteiger partial charge in [0.25, 0.3) is 0 Å². The molecule has 1 saturated heterocycles. The first-order valence-corrected chi connectivity index (χ1v) is 10.3. The molecule has 0 radical (unpaired) electrons. The molecule has 162 valence electrons. The molecule has 2 heterocycles. The maximum Gasteiger partial charge on any atom is 0.317 e. The van der Waals surface area contributed by atoms with Gasteiger partial charge in [-0.25, -0.2) is 14.8 Å². The van der Waals surface area contributed by atoms with Crippen molar-refractivity contribution in [2.24, 2.45) is 0 Å². The molecule has 31 heavy (non-hydrogen) atoms. The fourth-order valence-electron chi connectivity index (χ4n) is 3.84. The van der Waals surface area contributed by atoms with Crippen LogP contribution in [0.25, 0.3) is 10.9 Å². The van der Waals surface area contributed by atoms with Crippen LogP contribution in [0.1, 0.15) is 18.5 Å². The van der Waals surface area contributed by atoms with Gasteiger partial charge in [-0.15, -0.1) is 0 Å². The summed E-state index contributed by atoms with van der Waals surface area (Å²) in [6.45, 7) is 4.61. The second-order valence-electron chi connectivity index (χ2n) is 7.48. The van der Waals surface area contributed by atoms with Gasteiger partial charge in [0.15, 0.2) is 11.5 Å². The lowest BCUT2D eigenvalue weighted by Gasteiger charge is -2.36. The molecule has 4 rings (SSSR count). The van der Waals surface area contributed by atoms with Gasteiger partial charge in [-0.1, -0.05) is 30.3 Å². The van der Waals surface area contributed by atoms with Crippen molar-refractivity contribution in [3.63, 3.8) is 0 Å². The lowest BCUT2D eigenvalue weighted by molar-refractivity contribution is 0.191. The number of amides is 2. The summed E-state index contributed by atoms with van der Waals surface area (Å²) in [7, 11) is 3.22. The number of hydrogen-bond acceptors (Lipinski definition) is 6. The van der Waals surface area contributed by atoms with Gasteiger partial charge in [0.2, 0.25) is 0 Å². The topological polar surface area (TPSA) is 79.8 Å². The van der Waals surface area contributed by atoms with Crippen LogP contribution in [0, 0.1) is 0 Å². The molecule has 0 saturated carbocycles. The number of urea groups is 1. The summed E-state index contributed by atoms with van der Waals surface area (Å²) in [6, 6.07) is 13.6. The van der Waals surface area contributed by atoms with Gasteiger partial charge in [0.1, 0.15) is 12.1 Å². The number of methoxy groups -OCH3 is 2. The van der Waals surface area contributed by atoms with Gasteiger partial charge in [-0.2, -0.15) is 0 Å². The van der Waals surface area contributed by atoms with E-state index >= 15 is 0 Å². The highest BCUT2D eigenvalue weighted by Gasteiger charge is 2.24. The fourth-order valence-corrected chi connectivity index (χ4v) is 3.84. The Morgan fingerprint density at radius 1 is 1.00 bits per heavy atom. The molecule has 1 fully saturated rings. The summed E-state index contributed by atoms with van der Waals surface area (Å²) in [5.41, 5.74) is 1.88. The fraction of sp³-hybridized carbons (Fsp3) is 0.348. The molecule has 2 amide bonds. The molecule has 3 aromatic rings. The van der Waals surface area contributed by atoms with Crippen molar-refractivity contribution in [3.05, 3.63) is 54.4 Å². The minimum Gasteiger partial charge on any atom is -0.493 e. The number of hydrogen-bond donors (Lipinski definition) is 1. The van der Waals surface area contributed by atoms with E-state index in [4.69, 9.17) is 9.47 Å². The minimum atomic E-state index is -0.0463. The van der Waals surface area contributed by atoms with E-state index < -0.39 is 0 Å². The van der Waals surface area contributed by atoms with Crippen LogP contribution < -0.4 is 19.7 Å². The Labute approximate surface area is 181 Å². The lowest BCUT2D eigenvalue weighted by Crippen LogP contribution is -2.52. The van der Waals surface area contributed by atoms with Gasteiger partial charge in [-0.3, -0.25) is 0 Å². The van der Waals surface area contributed by atoms with Crippen LogP contribution in [0.2, 0.25) is 0 Å². The predicted molar refractivity (Wildman–Crippen MR) is 120 cm³/mol. The van der Waals surface area contributed by atoms with Crippen LogP contribution in [-0.2, 0) is 0 Å². The van der Waals surface area contributed by atoms with Crippen molar-refractivity contribution < 1.29 is 14.3 Å². The molecule has 2 aromatic carbocycles. The predicted octanol–water partition coefficient (Wildman–Crippen LogP) is 3.24. The van der Waals surface area contributed by atoms with Crippen LogP contribution in [0.15, 0.2) is 48.8 Å². The molecule has 8 heteroatoms. The Bertz CT molecular complexity index is 1050. The van der Waals surface area contributed by atoms with Crippen LogP contribution in [0.5, 0.6) is 11.5 Å². The van der Waals surface area contributed by atoms with Gasteiger partial charge < -0.3 is 24.6 Å². The molecule has 0 unspecified atom stereocenters. The Kier molecular flexibility index (Phi) is 6.06. The average Bonchev–Trinajstić information content (AvgIpc) is 2.83. The zero-order chi connectivity index (χ0) is 21.8. The molecule has 1 aliphatic rings. The molecule has 1 aliphatic heterocycles. The number of fused-ring (bicyclic) bond motifs is 1. The maximum absolute atomic E-state index is 12.7. The van der Waals surface area contributed by atoms with Gasteiger partial charge in [0, 0.05) is 37.6 Å². The molecule has 0 spiro atoms. The van der Waals surface area contributed by atoms with E-state index in [1.54, 1.807) is 20.5 Å². The van der Waals surface area contributed by atoms with Gasteiger partial charge in [-0.05, 0) is 18.6 Å². The number of carbonyl (C=O) groups is 1. The Morgan fingerprint density at radius 3 is 2.35 bits per heavy atom. The van der Waals surface area contributed by atoms with Crippen molar-refractivity contribution >= 4 is 22.8 Å². The molecular formula is C23H27N5O3. The molecule has 0 bridgehead atoms. The quantitative estimate of drug-likeness (QED) is 0.681.